The molecule has 5 heteroatoms. The number of aliphatic hydroxyl groups is 3. The molecule has 0 spiro atoms. The van der Waals surface area contributed by atoms with E-state index in [1.54, 1.807) is 6.08 Å². The summed E-state index contributed by atoms with van der Waals surface area (Å²) in [6.45, 7) is 4.15. The van der Waals surface area contributed by atoms with Crippen LogP contribution in [0.2, 0.25) is 0 Å². The lowest BCUT2D eigenvalue weighted by molar-refractivity contribution is -0.131. The van der Waals surface area contributed by atoms with Gasteiger partial charge in [-0.25, -0.2) is 0 Å². The summed E-state index contributed by atoms with van der Waals surface area (Å²) in [6, 6.07) is -0.809. The predicted octanol–water partition coefficient (Wildman–Crippen LogP) is 10.3. The monoisotopic (exact) mass is 622 g/mol. The average molecular weight is 622 g/mol. The summed E-state index contributed by atoms with van der Waals surface area (Å²) in [6.07, 6.45) is 40.5. The van der Waals surface area contributed by atoms with Crippen LogP contribution in [0.15, 0.2) is 24.3 Å². The van der Waals surface area contributed by atoms with Crippen molar-refractivity contribution in [2.45, 2.75) is 212 Å². The average Bonchev–Trinajstić information content (AvgIpc) is 3.03. The van der Waals surface area contributed by atoms with Gasteiger partial charge < -0.3 is 20.6 Å². The molecule has 0 heterocycles. The number of carbonyl (C=O) groups excluding carboxylic acids is 1. The van der Waals surface area contributed by atoms with Gasteiger partial charge in [-0.1, -0.05) is 186 Å². The molecular formula is C39H75NO4. The van der Waals surface area contributed by atoms with Crippen LogP contribution < -0.4 is 5.32 Å². The van der Waals surface area contributed by atoms with E-state index in [4.69, 9.17) is 0 Å². The maximum atomic E-state index is 12.4. The summed E-state index contributed by atoms with van der Waals surface area (Å²) in [7, 11) is 0. The molecule has 0 saturated heterocycles. The smallest absolute Gasteiger partial charge is 0.249 e. The largest absolute Gasteiger partial charge is 0.394 e. The summed E-state index contributed by atoms with van der Waals surface area (Å²) in [4.78, 5) is 12.4. The Labute approximate surface area is 273 Å². The minimum Gasteiger partial charge on any atom is -0.394 e. The minimum atomic E-state index is -1.10. The Morgan fingerprint density at radius 1 is 0.545 bits per heavy atom. The van der Waals surface area contributed by atoms with Crippen LogP contribution in [-0.2, 0) is 4.79 Å². The van der Waals surface area contributed by atoms with Gasteiger partial charge in [-0.05, 0) is 32.1 Å². The Balaban J connectivity index is 3.77. The molecule has 44 heavy (non-hydrogen) atoms. The summed E-state index contributed by atoms with van der Waals surface area (Å²) in [5.74, 6) is -0.513. The molecule has 0 aliphatic rings. The summed E-state index contributed by atoms with van der Waals surface area (Å²) < 4.78 is 0. The fraction of sp³-hybridized carbons (Fsp3) is 0.872. The van der Waals surface area contributed by atoms with Gasteiger partial charge in [-0.15, -0.1) is 0 Å². The van der Waals surface area contributed by atoms with E-state index in [-0.39, 0.29) is 6.61 Å². The highest BCUT2D eigenvalue weighted by atomic mass is 16.3. The van der Waals surface area contributed by atoms with Crippen LogP contribution in [-0.4, -0.2) is 46.1 Å². The number of rotatable bonds is 34. The van der Waals surface area contributed by atoms with E-state index >= 15 is 0 Å². The Hall–Kier alpha value is -1.17. The van der Waals surface area contributed by atoms with Crippen molar-refractivity contribution in [3.8, 4) is 0 Å². The molecule has 0 radical (unpaired) electrons. The Kier molecular flexibility index (Phi) is 33.8. The van der Waals surface area contributed by atoms with Crippen molar-refractivity contribution in [1.29, 1.82) is 0 Å². The lowest BCUT2D eigenvalue weighted by Gasteiger charge is -2.21. The van der Waals surface area contributed by atoms with Gasteiger partial charge in [0.2, 0.25) is 5.91 Å². The van der Waals surface area contributed by atoms with E-state index in [0.29, 0.717) is 6.42 Å². The normalized spacial score (nSPS) is 14.0. The molecule has 260 valence electrons. The molecule has 0 aromatic carbocycles. The number of hydrogen-bond donors (Lipinski definition) is 4. The highest BCUT2D eigenvalue weighted by molar-refractivity contribution is 5.80. The number of hydrogen-bond acceptors (Lipinski definition) is 4. The Bertz CT molecular complexity index is 650. The first-order valence-electron chi connectivity index (χ1n) is 19.2. The van der Waals surface area contributed by atoms with E-state index < -0.39 is 24.2 Å². The van der Waals surface area contributed by atoms with Crippen LogP contribution in [0.3, 0.4) is 0 Å². The van der Waals surface area contributed by atoms with Crippen molar-refractivity contribution in [2.75, 3.05) is 6.61 Å². The first-order valence-corrected chi connectivity index (χ1v) is 19.2. The van der Waals surface area contributed by atoms with Crippen LogP contribution in [0.1, 0.15) is 194 Å². The van der Waals surface area contributed by atoms with Gasteiger partial charge in [-0.3, -0.25) is 4.79 Å². The van der Waals surface area contributed by atoms with Crippen molar-refractivity contribution in [3.63, 3.8) is 0 Å². The first-order chi connectivity index (χ1) is 21.6. The second kappa shape index (κ2) is 34.7. The predicted molar refractivity (Wildman–Crippen MR) is 190 cm³/mol. The maximum absolute atomic E-state index is 12.4. The molecule has 0 saturated carbocycles. The molecule has 0 aliphatic carbocycles. The molecule has 3 unspecified atom stereocenters. The molecule has 0 bridgehead atoms. The molecule has 0 fully saturated rings. The second-order valence-electron chi connectivity index (χ2n) is 13.1. The zero-order valence-electron chi connectivity index (χ0n) is 29.3. The fourth-order valence-corrected chi connectivity index (χ4v) is 5.73. The molecular weight excluding hydrogens is 546 g/mol. The van der Waals surface area contributed by atoms with Gasteiger partial charge in [0.1, 0.15) is 6.10 Å². The summed E-state index contributed by atoms with van der Waals surface area (Å²) in [5.41, 5.74) is 0. The third kappa shape index (κ3) is 29.5. The second-order valence-corrected chi connectivity index (χ2v) is 13.1. The van der Waals surface area contributed by atoms with Crippen molar-refractivity contribution in [2.24, 2.45) is 0 Å². The first kappa shape index (κ1) is 42.8. The molecule has 5 nitrogen and oxygen atoms in total. The van der Waals surface area contributed by atoms with E-state index in [2.05, 4.69) is 31.3 Å². The van der Waals surface area contributed by atoms with Gasteiger partial charge >= 0.3 is 0 Å². The molecule has 0 aromatic rings. The van der Waals surface area contributed by atoms with E-state index in [0.717, 1.165) is 38.5 Å². The number of allylic oxidation sites excluding steroid dienone is 3. The zero-order valence-corrected chi connectivity index (χ0v) is 29.3. The van der Waals surface area contributed by atoms with E-state index in [9.17, 15) is 20.1 Å². The zero-order chi connectivity index (χ0) is 32.4. The maximum Gasteiger partial charge on any atom is 0.249 e. The van der Waals surface area contributed by atoms with Gasteiger partial charge in [0.25, 0.3) is 0 Å². The highest BCUT2D eigenvalue weighted by Crippen LogP contribution is 2.14. The lowest BCUT2D eigenvalue weighted by atomic mass is 10.0. The van der Waals surface area contributed by atoms with Crippen LogP contribution in [0.25, 0.3) is 0 Å². The third-order valence-electron chi connectivity index (χ3n) is 8.79. The fourth-order valence-electron chi connectivity index (χ4n) is 5.73. The SMILES string of the molecule is CCCCCCCCCCCC/C=C/CC/C=C/C(O)C(CO)NC(=O)C(O)CCCCCCCCCCCCCCCC. The van der Waals surface area contributed by atoms with Crippen LogP contribution in [0.5, 0.6) is 0 Å². The molecule has 1 amide bonds. The third-order valence-corrected chi connectivity index (χ3v) is 8.79. The van der Waals surface area contributed by atoms with E-state index in [1.807, 2.05) is 6.08 Å². The Morgan fingerprint density at radius 3 is 1.39 bits per heavy atom. The molecule has 0 aliphatic heterocycles. The van der Waals surface area contributed by atoms with Crippen molar-refractivity contribution in [1.82, 2.24) is 5.32 Å². The standard InChI is InChI=1S/C39H75NO4/c1-3-5-7-9-11-13-15-17-19-20-22-23-25-27-29-31-33-37(42)36(35-41)40-39(44)38(43)34-32-30-28-26-24-21-18-16-14-12-10-8-6-4-2/h23,25,31,33,36-38,41-43H,3-22,24,26-30,32,34-35H2,1-2H3,(H,40,44)/b25-23+,33-31+. The van der Waals surface area contributed by atoms with Gasteiger partial charge in [0, 0.05) is 0 Å². The molecule has 0 rings (SSSR count). The minimum absolute atomic E-state index is 0.373. The number of amides is 1. The molecule has 0 aromatic heterocycles. The molecule has 3 atom stereocenters. The van der Waals surface area contributed by atoms with Gasteiger partial charge in [-0.2, -0.15) is 0 Å². The topological polar surface area (TPSA) is 89.8 Å². The number of aliphatic hydroxyl groups excluding tert-OH is 3. The van der Waals surface area contributed by atoms with Crippen LogP contribution >= 0.6 is 0 Å². The summed E-state index contributed by atoms with van der Waals surface area (Å²) in [5, 5.41) is 32.9. The van der Waals surface area contributed by atoms with Crippen LogP contribution in [0.4, 0.5) is 0 Å². The quantitative estimate of drug-likeness (QED) is 0.0425. The summed E-state index contributed by atoms with van der Waals surface area (Å²) >= 11 is 0. The van der Waals surface area contributed by atoms with Crippen molar-refractivity contribution >= 4 is 5.91 Å². The van der Waals surface area contributed by atoms with Gasteiger partial charge in [0.05, 0.1) is 18.8 Å². The van der Waals surface area contributed by atoms with Crippen molar-refractivity contribution in [3.05, 3.63) is 24.3 Å². The van der Waals surface area contributed by atoms with Crippen LogP contribution in [0, 0.1) is 0 Å². The van der Waals surface area contributed by atoms with E-state index in [1.165, 1.54) is 135 Å². The number of carbonyl (C=O) groups is 1. The number of unbranched alkanes of at least 4 members (excludes halogenated alkanes) is 24. The van der Waals surface area contributed by atoms with Crippen molar-refractivity contribution < 1.29 is 20.1 Å². The number of nitrogens with one attached hydrogen (secondary N) is 1. The lowest BCUT2D eigenvalue weighted by Crippen LogP contribution is -2.48. The Morgan fingerprint density at radius 2 is 0.932 bits per heavy atom. The molecule has 4 N–H and O–H groups in total. The highest BCUT2D eigenvalue weighted by Gasteiger charge is 2.22. The van der Waals surface area contributed by atoms with Gasteiger partial charge in [0.15, 0.2) is 0 Å².